The fourth-order valence-corrected chi connectivity index (χ4v) is 3.10. The summed E-state index contributed by atoms with van der Waals surface area (Å²) < 4.78 is 0. The van der Waals surface area contributed by atoms with E-state index in [4.69, 9.17) is 0 Å². The molecule has 2 heteroatoms. The first-order chi connectivity index (χ1) is 7.74. The molecular formula is C15H31NO. The van der Waals surface area contributed by atoms with Crippen LogP contribution in [0.4, 0.5) is 0 Å². The summed E-state index contributed by atoms with van der Waals surface area (Å²) in [4.78, 5) is 2.43. The number of rotatable bonds is 5. The molecule has 0 aromatic rings. The number of hydrogen-bond acceptors (Lipinski definition) is 2. The fourth-order valence-electron chi connectivity index (χ4n) is 3.10. The molecule has 1 N–H and O–H groups in total. The zero-order valence-electron chi connectivity index (χ0n) is 12.5. The van der Waals surface area contributed by atoms with Crippen molar-refractivity contribution >= 4 is 0 Å². The van der Waals surface area contributed by atoms with E-state index in [2.05, 4.69) is 46.6 Å². The molecule has 0 aliphatic heterocycles. The van der Waals surface area contributed by atoms with Crippen molar-refractivity contribution in [1.29, 1.82) is 0 Å². The van der Waals surface area contributed by atoms with Crippen LogP contribution in [0.2, 0.25) is 0 Å². The van der Waals surface area contributed by atoms with Crippen LogP contribution in [0.15, 0.2) is 0 Å². The van der Waals surface area contributed by atoms with E-state index in [9.17, 15) is 5.11 Å². The highest BCUT2D eigenvalue weighted by Gasteiger charge is 2.41. The highest BCUT2D eigenvalue weighted by Crippen LogP contribution is 2.41. The summed E-state index contributed by atoms with van der Waals surface area (Å²) in [5.74, 6) is 1.21. The van der Waals surface area contributed by atoms with Crippen LogP contribution in [-0.4, -0.2) is 35.7 Å². The zero-order chi connectivity index (χ0) is 13.2. The third-order valence-electron chi connectivity index (χ3n) is 4.49. The maximum absolute atomic E-state index is 10.3. The van der Waals surface area contributed by atoms with E-state index in [0.29, 0.717) is 12.0 Å². The van der Waals surface area contributed by atoms with Crippen LogP contribution in [-0.2, 0) is 0 Å². The second kappa shape index (κ2) is 5.71. The fraction of sp³-hybridized carbons (Fsp3) is 1.00. The van der Waals surface area contributed by atoms with Gasteiger partial charge in [0.1, 0.15) is 0 Å². The van der Waals surface area contributed by atoms with Gasteiger partial charge < -0.3 is 10.0 Å². The molecule has 0 aromatic carbocycles. The molecule has 102 valence electrons. The molecule has 17 heavy (non-hydrogen) atoms. The van der Waals surface area contributed by atoms with Crippen molar-refractivity contribution in [3.63, 3.8) is 0 Å². The van der Waals surface area contributed by atoms with Crippen LogP contribution in [0.1, 0.15) is 53.9 Å². The molecule has 0 bridgehead atoms. The first-order valence-electron chi connectivity index (χ1n) is 7.12. The zero-order valence-corrected chi connectivity index (χ0v) is 12.5. The SMILES string of the molecule is CC(C)CC(C)N(C)CC1CCC(C)(C)C1O. The molecule has 0 amide bonds. The quantitative estimate of drug-likeness (QED) is 0.799. The number of nitrogens with zero attached hydrogens (tertiary/aromatic N) is 1. The molecule has 0 spiro atoms. The van der Waals surface area contributed by atoms with Gasteiger partial charge in [-0.2, -0.15) is 0 Å². The maximum atomic E-state index is 10.3. The summed E-state index contributed by atoms with van der Waals surface area (Å²) in [6, 6.07) is 0.617. The van der Waals surface area contributed by atoms with E-state index in [1.807, 2.05) is 0 Å². The Morgan fingerprint density at radius 1 is 1.29 bits per heavy atom. The smallest absolute Gasteiger partial charge is 0.0631 e. The second-order valence-corrected chi connectivity index (χ2v) is 7.15. The lowest BCUT2D eigenvalue weighted by molar-refractivity contribution is 0.0305. The Bertz CT molecular complexity index is 237. The summed E-state index contributed by atoms with van der Waals surface area (Å²) in [6.07, 6.45) is 3.44. The Balaban J connectivity index is 2.44. The van der Waals surface area contributed by atoms with Crippen molar-refractivity contribution in [2.75, 3.05) is 13.6 Å². The van der Waals surface area contributed by atoms with E-state index in [1.54, 1.807) is 0 Å². The minimum absolute atomic E-state index is 0.118. The Labute approximate surface area is 107 Å². The molecule has 0 heterocycles. The number of hydrogen-bond donors (Lipinski definition) is 1. The standard InChI is InChI=1S/C15H31NO/c1-11(2)9-12(3)16(6)10-13-7-8-15(4,5)14(13)17/h11-14,17H,7-10H2,1-6H3. The van der Waals surface area contributed by atoms with E-state index in [0.717, 1.165) is 18.9 Å². The van der Waals surface area contributed by atoms with Gasteiger partial charge in [0.15, 0.2) is 0 Å². The van der Waals surface area contributed by atoms with E-state index >= 15 is 0 Å². The van der Waals surface area contributed by atoms with Gasteiger partial charge in [0.2, 0.25) is 0 Å². The highest BCUT2D eigenvalue weighted by molar-refractivity contribution is 4.92. The predicted octanol–water partition coefficient (Wildman–Crippen LogP) is 3.15. The van der Waals surface area contributed by atoms with Crippen LogP contribution in [0.3, 0.4) is 0 Å². The molecule has 1 rings (SSSR count). The Hall–Kier alpha value is -0.0800. The molecule has 3 atom stereocenters. The maximum Gasteiger partial charge on any atom is 0.0631 e. The third kappa shape index (κ3) is 3.96. The molecule has 1 aliphatic rings. The molecule has 3 unspecified atom stereocenters. The van der Waals surface area contributed by atoms with Gasteiger partial charge in [-0.3, -0.25) is 0 Å². The summed E-state index contributed by atoms with van der Waals surface area (Å²) in [5, 5.41) is 10.3. The van der Waals surface area contributed by atoms with Crippen molar-refractivity contribution in [2.45, 2.75) is 66.0 Å². The van der Waals surface area contributed by atoms with Crippen molar-refractivity contribution < 1.29 is 5.11 Å². The van der Waals surface area contributed by atoms with Crippen LogP contribution in [0.5, 0.6) is 0 Å². The van der Waals surface area contributed by atoms with Crippen LogP contribution in [0.25, 0.3) is 0 Å². The normalized spacial score (nSPS) is 30.2. The van der Waals surface area contributed by atoms with Gasteiger partial charge in [-0.25, -0.2) is 0 Å². The molecule has 0 saturated heterocycles. The first-order valence-corrected chi connectivity index (χ1v) is 7.12. The van der Waals surface area contributed by atoms with Crippen molar-refractivity contribution in [2.24, 2.45) is 17.3 Å². The minimum atomic E-state index is -0.129. The topological polar surface area (TPSA) is 23.5 Å². The average Bonchev–Trinajstić information content (AvgIpc) is 2.44. The molecule has 1 saturated carbocycles. The molecule has 1 fully saturated rings. The highest BCUT2D eigenvalue weighted by atomic mass is 16.3. The van der Waals surface area contributed by atoms with Crippen molar-refractivity contribution in [3.8, 4) is 0 Å². The lowest BCUT2D eigenvalue weighted by Crippen LogP contribution is -2.39. The van der Waals surface area contributed by atoms with Crippen LogP contribution in [0, 0.1) is 17.3 Å². The van der Waals surface area contributed by atoms with Gasteiger partial charge in [-0.15, -0.1) is 0 Å². The first kappa shape index (κ1) is 15.0. The summed E-state index contributed by atoms with van der Waals surface area (Å²) in [6.45, 7) is 12.3. The lowest BCUT2D eigenvalue weighted by atomic mass is 9.87. The molecule has 2 nitrogen and oxygen atoms in total. The summed E-state index contributed by atoms with van der Waals surface area (Å²) >= 11 is 0. The van der Waals surface area contributed by atoms with Crippen molar-refractivity contribution in [1.82, 2.24) is 4.90 Å². The monoisotopic (exact) mass is 241 g/mol. The summed E-state index contributed by atoms with van der Waals surface area (Å²) in [5.41, 5.74) is 0.118. The van der Waals surface area contributed by atoms with Gasteiger partial charge in [-0.1, -0.05) is 27.7 Å². The minimum Gasteiger partial charge on any atom is -0.392 e. The Morgan fingerprint density at radius 3 is 2.29 bits per heavy atom. The van der Waals surface area contributed by atoms with E-state index < -0.39 is 0 Å². The predicted molar refractivity (Wildman–Crippen MR) is 74.1 cm³/mol. The largest absolute Gasteiger partial charge is 0.392 e. The van der Waals surface area contributed by atoms with Gasteiger partial charge in [0, 0.05) is 12.6 Å². The lowest BCUT2D eigenvalue weighted by Gasteiger charge is -2.32. The van der Waals surface area contributed by atoms with Gasteiger partial charge >= 0.3 is 0 Å². The molecule has 0 radical (unpaired) electrons. The average molecular weight is 241 g/mol. The Kier molecular flexibility index (Phi) is 5.03. The van der Waals surface area contributed by atoms with Crippen LogP contribution < -0.4 is 0 Å². The third-order valence-corrected chi connectivity index (χ3v) is 4.49. The Morgan fingerprint density at radius 2 is 1.88 bits per heavy atom. The van der Waals surface area contributed by atoms with Gasteiger partial charge in [-0.05, 0) is 50.5 Å². The molecule has 0 aromatic heterocycles. The number of aliphatic hydroxyl groups is 1. The second-order valence-electron chi connectivity index (χ2n) is 7.15. The van der Waals surface area contributed by atoms with Gasteiger partial charge in [0.25, 0.3) is 0 Å². The van der Waals surface area contributed by atoms with Crippen LogP contribution >= 0.6 is 0 Å². The number of aliphatic hydroxyl groups excluding tert-OH is 1. The van der Waals surface area contributed by atoms with E-state index in [-0.39, 0.29) is 11.5 Å². The summed E-state index contributed by atoms with van der Waals surface area (Å²) in [7, 11) is 2.20. The van der Waals surface area contributed by atoms with Gasteiger partial charge in [0.05, 0.1) is 6.10 Å². The van der Waals surface area contributed by atoms with Crippen molar-refractivity contribution in [3.05, 3.63) is 0 Å². The molecular weight excluding hydrogens is 210 g/mol. The van der Waals surface area contributed by atoms with E-state index in [1.165, 1.54) is 12.8 Å². The molecule has 1 aliphatic carbocycles.